The van der Waals surface area contributed by atoms with E-state index in [0.717, 1.165) is 13.6 Å². The zero-order chi connectivity index (χ0) is 15.7. The van der Waals surface area contributed by atoms with Crippen molar-refractivity contribution in [3.8, 4) is 5.75 Å². The predicted molar refractivity (Wildman–Crippen MR) is 84.4 cm³/mol. The van der Waals surface area contributed by atoms with Gasteiger partial charge < -0.3 is 10.8 Å². The third kappa shape index (κ3) is 2.75. The van der Waals surface area contributed by atoms with Crippen molar-refractivity contribution < 1.29 is 5.11 Å². The third-order valence-corrected chi connectivity index (χ3v) is 3.50. The number of aromatic nitrogens is 2. The zero-order valence-electron chi connectivity index (χ0n) is 11.4. The van der Waals surface area contributed by atoms with Gasteiger partial charge in [0, 0.05) is 30.3 Å². The molecule has 1 aromatic heterocycles. The Morgan fingerprint density at radius 3 is 2.57 bits per heavy atom. The summed E-state index contributed by atoms with van der Waals surface area (Å²) in [5, 5.41) is 9.77. The molecule has 0 aliphatic heterocycles. The van der Waals surface area contributed by atoms with E-state index in [1.807, 2.05) is 0 Å². The van der Waals surface area contributed by atoms with Crippen molar-refractivity contribution in [3.05, 3.63) is 49.1 Å². The van der Waals surface area contributed by atoms with Crippen LogP contribution in [0.25, 0.3) is 0 Å². The number of phenolic OH excluding ortho intramolecular Hbond substituents is 1. The summed E-state index contributed by atoms with van der Waals surface area (Å²) in [5.41, 5.74) is 5.00. The summed E-state index contributed by atoms with van der Waals surface area (Å²) in [5.74, 6) is -0.0238. The van der Waals surface area contributed by atoms with E-state index in [0.29, 0.717) is 5.56 Å². The minimum Gasteiger partial charge on any atom is -0.507 e. The van der Waals surface area contributed by atoms with Crippen LogP contribution in [-0.2, 0) is 14.1 Å². The average molecular weight is 353 g/mol. The molecule has 0 bridgehead atoms. The molecule has 3 N–H and O–H groups in total. The van der Waals surface area contributed by atoms with E-state index in [9.17, 15) is 14.7 Å². The summed E-state index contributed by atoms with van der Waals surface area (Å²) >= 11 is 3.23. The second-order valence-electron chi connectivity index (χ2n) is 4.40. The molecule has 0 saturated carbocycles. The van der Waals surface area contributed by atoms with E-state index in [2.05, 4.69) is 20.9 Å². The van der Waals surface area contributed by atoms with Crippen molar-refractivity contribution in [2.45, 2.75) is 0 Å². The van der Waals surface area contributed by atoms with Gasteiger partial charge in [-0.2, -0.15) is 0 Å². The second-order valence-corrected chi connectivity index (χ2v) is 5.32. The van der Waals surface area contributed by atoms with E-state index >= 15 is 0 Å². The maximum atomic E-state index is 12.0. The van der Waals surface area contributed by atoms with Crippen molar-refractivity contribution in [1.29, 1.82) is 0 Å². The first-order valence-electron chi connectivity index (χ1n) is 5.91. The van der Waals surface area contributed by atoms with Gasteiger partial charge in [-0.05, 0) is 18.2 Å². The van der Waals surface area contributed by atoms with Crippen LogP contribution in [0.1, 0.15) is 5.56 Å². The first kappa shape index (κ1) is 15.0. The highest BCUT2D eigenvalue weighted by atomic mass is 79.9. The number of phenols is 1. The number of hydrogen-bond acceptors (Lipinski definition) is 5. The first-order chi connectivity index (χ1) is 9.82. The Hall–Kier alpha value is -2.35. The molecule has 21 heavy (non-hydrogen) atoms. The highest BCUT2D eigenvalue weighted by Gasteiger charge is 2.12. The van der Waals surface area contributed by atoms with E-state index in [1.165, 1.54) is 26.4 Å². The van der Waals surface area contributed by atoms with Crippen LogP contribution >= 0.6 is 15.9 Å². The molecule has 0 amide bonds. The number of benzene rings is 1. The van der Waals surface area contributed by atoms with Gasteiger partial charge in [0.1, 0.15) is 11.6 Å². The maximum Gasteiger partial charge on any atom is 0.332 e. The van der Waals surface area contributed by atoms with Crippen LogP contribution in [-0.4, -0.2) is 20.5 Å². The number of aromatic hydroxyl groups is 1. The van der Waals surface area contributed by atoms with Gasteiger partial charge in [0.25, 0.3) is 5.56 Å². The average Bonchev–Trinajstić information content (AvgIpc) is 2.45. The van der Waals surface area contributed by atoms with Crippen molar-refractivity contribution in [1.82, 2.24) is 9.13 Å². The number of nitrogens with zero attached hydrogens (tertiary/aromatic N) is 3. The Bertz CT molecular complexity index is 852. The van der Waals surface area contributed by atoms with Gasteiger partial charge in [-0.3, -0.25) is 13.9 Å². The van der Waals surface area contributed by atoms with E-state index in [4.69, 9.17) is 5.73 Å². The monoisotopic (exact) mass is 352 g/mol. The number of nitrogens with two attached hydrogens (primary N) is 1. The fourth-order valence-corrected chi connectivity index (χ4v) is 2.07. The molecule has 0 atom stereocenters. The lowest BCUT2D eigenvalue weighted by Gasteiger charge is -2.08. The van der Waals surface area contributed by atoms with Crippen molar-refractivity contribution in [2.24, 2.45) is 19.1 Å². The highest BCUT2D eigenvalue weighted by molar-refractivity contribution is 9.10. The van der Waals surface area contributed by atoms with E-state index in [1.54, 1.807) is 12.1 Å². The Morgan fingerprint density at radius 2 is 1.95 bits per heavy atom. The van der Waals surface area contributed by atoms with Crippen LogP contribution < -0.4 is 17.0 Å². The fourth-order valence-electron chi connectivity index (χ4n) is 1.72. The lowest BCUT2D eigenvalue weighted by Crippen LogP contribution is -2.37. The lowest BCUT2D eigenvalue weighted by atomic mass is 10.2. The number of anilines is 1. The molecule has 1 heterocycles. The van der Waals surface area contributed by atoms with Crippen molar-refractivity contribution in [3.63, 3.8) is 0 Å². The summed E-state index contributed by atoms with van der Waals surface area (Å²) in [6.45, 7) is 0. The Kier molecular flexibility index (Phi) is 3.99. The quantitative estimate of drug-likeness (QED) is 0.783. The zero-order valence-corrected chi connectivity index (χ0v) is 13.0. The molecule has 0 aliphatic carbocycles. The summed E-state index contributed by atoms with van der Waals surface area (Å²) in [6.07, 6.45) is 1.32. The summed E-state index contributed by atoms with van der Waals surface area (Å²) < 4.78 is 2.77. The molecule has 0 fully saturated rings. The lowest BCUT2D eigenvalue weighted by molar-refractivity contribution is 0.474. The molecular formula is C13H13BrN4O3. The largest absolute Gasteiger partial charge is 0.507 e. The Balaban J connectivity index is 2.57. The number of hydrogen-bond donors (Lipinski definition) is 2. The Labute approximate surface area is 128 Å². The normalized spacial score (nSPS) is 11.2. The van der Waals surface area contributed by atoms with Gasteiger partial charge in [-0.15, -0.1) is 0 Å². The summed E-state index contributed by atoms with van der Waals surface area (Å²) in [4.78, 5) is 27.7. The Morgan fingerprint density at radius 1 is 1.29 bits per heavy atom. The smallest absolute Gasteiger partial charge is 0.332 e. The van der Waals surface area contributed by atoms with E-state index < -0.39 is 11.2 Å². The summed E-state index contributed by atoms with van der Waals surface area (Å²) in [6, 6.07) is 4.86. The molecule has 2 rings (SSSR count). The molecule has 2 aromatic rings. The molecule has 0 radical (unpaired) electrons. The first-order valence-corrected chi connectivity index (χ1v) is 6.70. The molecule has 1 aromatic carbocycles. The van der Waals surface area contributed by atoms with Crippen LogP contribution in [0.5, 0.6) is 5.75 Å². The molecule has 8 heteroatoms. The van der Waals surface area contributed by atoms with E-state index in [-0.39, 0.29) is 17.3 Å². The highest BCUT2D eigenvalue weighted by Crippen LogP contribution is 2.22. The SMILES string of the molecule is Cn1c(N)c(N=Cc2ccc(Br)cc2O)c(=O)n(C)c1=O. The fraction of sp³-hybridized carbons (Fsp3) is 0.154. The predicted octanol–water partition coefficient (Wildman–Crippen LogP) is 0.885. The van der Waals surface area contributed by atoms with Crippen molar-refractivity contribution in [2.75, 3.05) is 5.73 Å². The number of rotatable bonds is 2. The van der Waals surface area contributed by atoms with Gasteiger partial charge in [-0.1, -0.05) is 15.9 Å². The molecule has 0 saturated heterocycles. The maximum absolute atomic E-state index is 12.0. The van der Waals surface area contributed by atoms with Crippen LogP contribution in [0.2, 0.25) is 0 Å². The molecule has 0 aliphatic rings. The van der Waals surface area contributed by atoms with Crippen LogP contribution in [0.3, 0.4) is 0 Å². The standard InChI is InChI=1S/C13H13BrN4O3/c1-17-11(15)10(12(20)18(2)13(17)21)16-6-7-3-4-8(14)5-9(7)19/h3-6,19H,15H2,1-2H3. The van der Waals surface area contributed by atoms with Gasteiger partial charge in [0.2, 0.25) is 0 Å². The summed E-state index contributed by atoms with van der Waals surface area (Å²) in [7, 11) is 2.80. The molecule has 0 spiro atoms. The van der Waals surface area contributed by atoms with Crippen LogP contribution in [0.4, 0.5) is 11.5 Å². The number of nitrogen functional groups attached to an aromatic ring is 1. The molecule has 110 valence electrons. The molecule has 0 unspecified atom stereocenters. The van der Waals surface area contributed by atoms with Crippen LogP contribution in [0.15, 0.2) is 37.3 Å². The molecule has 7 nitrogen and oxygen atoms in total. The van der Waals surface area contributed by atoms with Crippen LogP contribution in [0, 0.1) is 0 Å². The number of aliphatic imine (C=N–C) groups is 1. The van der Waals surface area contributed by atoms with Gasteiger partial charge in [-0.25, -0.2) is 9.79 Å². The minimum absolute atomic E-state index is 0.00772. The van der Waals surface area contributed by atoms with Crippen molar-refractivity contribution >= 4 is 33.6 Å². The van der Waals surface area contributed by atoms with Gasteiger partial charge in [0.15, 0.2) is 5.69 Å². The topological polar surface area (TPSA) is 103 Å². The van der Waals surface area contributed by atoms with Gasteiger partial charge >= 0.3 is 5.69 Å². The second kappa shape index (κ2) is 5.57. The minimum atomic E-state index is -0.594. The molecular weight excluding hydrogens is 340 g/mol. The van der Waals surface area contributed by atoms with Gasteiger partial charge in [0.05, 0.1) is 0 Å². The third-order valence-electron chi connectivity index (χ3n) is 3.01. The number of halogens is 1.